The fourth-order valence-corrected chi connectivity index (χ4v) is 4.62. The van der Waals surface area contributed by atoms with Crippen LogP contribution >= 0.6 is 11.8 Å². The Labute approximate surface area is 157 Å². The van der Waals surface area contributed by atoms with Crippen LogP contribution in [0.3, 0.4) is 0 Å². The number of methoxy groups -OCH3 is 1. The van der Waals surface area contributed by atoms with Crippen molar-refractivity contribution in [3.8, 4) is 0 Å². The fourth-order valence-electron chi connectivity index (χ4n) is 3.27. The molecule has 2 N–H and O–H groups in total. The lowest BCUT2D eigenvalue weighted by Crippen LogP contribution is -2.57. The van der Waals surface area contributed by atoms with E-state index in [1.54, 1.807) is 6.92 Å². The summed E-state index contributed by atoms with van der Waals surface area (Å²) < 4.78 is 11.0. The summed E-state index contributed by atoms with van der Waals surface area (Å²) in [6, 6.07) is 9.26. The van der Waals surface area contributed by atoms with E-state index < -0.39 is 35.1 Å². The molecule has 1 fully saturated rings. The summed E-state index contributed by atoms with van der Waals surface area (Å²) in [6.45, 7) is 3.56. The average molecular weight is 382 g/mol. The zero-order chi connectivity index (χ0) is 19.3. The summed E-state index contributed by atoms with van der Waals surface area (Å²) in [6.07, 6.45) is -2.04. The number of ether oxygens (including phenoxy) is 2. The molecule has 0 bridgehead atoms. The first-order chi connectivity index (χ1) is 12.4. The van der Waals surface area contributed by atoms with Gasteiger partial charge in [-0.2, -0.15) is 0 Å². The van der Waals surface area contributed by atoms with Crippen molar-refractivity contribution in [1.29, 1.82) is 0 Å². The maximum absolute atomic E-state index is 12.6. The van der Waals surface area contributed by atoms with E-state index in [0.717, 1.165) is 11.2 Å². The van der Waals surface area contributed by atoms with Gasteiger partial charge in [0.05, 0.1) is 19.3 Å². The van der Waals surface area contributed by atoms with Gasteiger partial charge < -0.3 is 24.5 Å². The molecular weight excluding hydrogens is 356 g/mol. The van der Waals surface area contributed by atoms with Crippen LogP contribution < -0.4 is 0 Å². The Hall–Kier alpha value is -1.41. The molecule has 26 heavy (non-hydrogen) atoms. The van der Waals surface area contributed by atoms with Gasteiger partial charge in [0.2, 0.25) is 4.93 Å². The third-order valence-electron chi connectivity index (χ3n) is 4.78. The van der Waals surface area contributed by atoms with Crippen molar-refractivity contribution in [3.63, 3.8) is 0 Å². The molecule has 0 aliphatic carbocycles. The van der Waals surface area contributed by atoms with Gasteiger partial charge in [-0.05, 0) is 24.5 Å². The number of aliphatic hydroxyl groups is 2. The van der Waals surface area contributed by atoms with Crippen molar-refractivity contribution in [2.45, 2.75) is 54.8 Å². The standard InChI is InChI=1S/C19H26O6S/c1-4-15(21)16(22)17-14(11-20)12(2)10-19(25-17,18(23)24-3)26-13-8-6-5-7-9-13/h5-9,11-12,14-17,21-22H,4,10H2,1-3H3/t12-,14-,15-,16-,17?,19-/m1/s1. The number of benzene rings is 1. The van der Waals surface area contributed by atoms with E-state index in [-0.39, 0.29) is 12.3 Å². The molecule has 0 spiro atoms. The smallest absolute Gasteiger partial charge is 0.349 e. The Kier molecular flexibility index (Phi) is 7.23. The fraction of sp³-hybridized carbons (Fsp3) is 0.579. The minimum atomic E-state index is -1.39. The molecular formula is C19H26O6S. The third kappa shape index (κ3) is 4.28. The van der Waals surface area contributed by atoms with Crippen LogP contribution in [0, 0.1) is 11.8 Å². The molecule has 0 aromatic heterocycles. The molecule has 1 unspecified atom stereocenters. The quantitative estimate of drug-likeness (QED) is 0.550. The van der Waals surface area contributed by atoms with E-state index in [0.29, 0.717) is 6.42 Å². The summed E-state index contributed by atoms with van der Waals surface area (Å²) in [5.74, 6) is -1.44. The first-order valence-corrected chi connectivity index (χ1v) is 9.52. The number of carbonyl (C=O) groups is 2. The molecule has 1 aromatic rings. The largest absolute Gasteiger partial charge is 0.466 e. The number of aldehydes is 1. The maximum atomic E-state index is 12.6. The highest BCUT2D eigenvalue weighted by Crippen LogP contribution is 2.47. The van der Waals surface area contributed by atoms with Gasteiger partial charge in [-0.15, -0.1) is 0 Å². The van der Waals surface area contributed by atoms with E-state index in [2.05, 4.69) is 0 Å². The summed E-state index contributed by atoms with van der Waals surface area (Å²) in [5, 5.41) is 20.6. The van der Waals surface area contributed by atoms with E-state index in [9.17, 15) is 19.8 Å². The van der Waals surface area contributed by atoms with Crippen LogP contribution in [0.1, 0.15) is 26.7 Å². The van der Waals surface area contributed by atoms with Crippen LogP contribution in [-0.2, 0) is 19.1 Å². The minimum absolute atomic E-state index is 0.236. The molecule has 1 aliphatic rings. The molecule has 0 radical (unpaired) electrons. The van der Waals surface area contributed by atoms with Gasteiger partial charge in [-0.25, -0.2) is 4.79 Å². The number of carbonyl (C=O) groups excluding carboxylic acids is 2. The lowest BCUT2D eigenvalue weighted by molar-refractivity contribution is -0.202. The van der Waals surface area contributed by atoms with Gasteiger partial charge >= 0.3 is 5.97 Å². The van der Waals surface area contributed by atoms with Crippen LogP contribution in [0.2, 0.25) is 0 Å². The van der Waals surface area contributed by atoms with Crippen molar-refractivity contribution < 1.29 is 29.3 Å². The molecule has 144 valence electrons. The zero-order valence-electron chi connectivity index (χ0n) is 15.2. The van der Waals surface area contributed by atoms with E-state index in [1.165, 1.54) is 18.9 Å². The number of rotatable bonds is 7. The predicted octanol–water partition coefficient (Wildman–Crippen LogP) is 2.02. The van der Waals surface area contributed by atoms with Crippen molar-refractivity contribution in [2.75, 3.05) is 7.11 Å². The number of aliphatic hydroxyl groups excluding tert-OH is 2. The van der Waals surface area contributed by atoms with Crippen LogP contribution in [0.4, 0.5) is 0 Å². The maximum Gasteiger partial charge on any atom is 0.349 e. The number of hydrogen-bond donors (Lipinski definition) is 2. The Balaban J connectivity index is 2.41. The molecule has 6 nitrogen and oxygen atoms in total. The van der Waals surface area contributed by atoms with E-state index >= 15 is 0 Å². The number of hydrogen-bond acceptors (Lipinski definition) is 7. The van der Waals surface area contributed by atoms with Gasteiger partial charge in [0.1, 0.15) is 12.4 Å². The highest BCUT2D eigenvalue weighted by Gasteiger charge is 2.54. The van der Waals surface area contributed by atoms with E-state index in [4.69, 9.17) is 9.47 Å². The van der Waals surface area contributed by atoms with Crippen LogP contribution in [0.25, 0.3) is 0 Å². The SMILES string of the molecule is CC[C@@H](O)[C@@H](O)C1O[C@](Sc2ccccc2)(C(=O)OC)C[C@@H](C)[C@H]1C=O. The van der Waals surface area contributed by atoms with Gasteiger partial charge in [-0.1, -0.05) is 43.8 Å². The van der Waals surface area contributed by atoms with Gasteiger partial charge in [0.25, 0.3) is 0 Å². The molecule has 0 saturated carbocycles. The van der Waals surface area contributed by atoms with Gasteiger partial charge in [0.15, 0.2) is 0 Å². The van der Waals surface area contributed by atoms with Crippen molar-refractivity contribution >= 4 is 24.0 Å². The minimum Gasteiger partial charge on any atom is -0.466 e. The Morgan fingerprint density at radius 2 is 2.08 bits per heavy atom. The average Bonchev–Trinajstić information content (AvgIpc) is 2.66. The Morgan fingerprint density at radius 1 is 1.42 bits per heavy atom. The first kappa shape index (κ1) is 20.9. The second-order valence-corrected chi connectivity index (χ2v) is 7.94. The molecule has 6 atom stereocenters. The van der Waals surface area contributed by atoms with Crippen LogP contribution in [-0.4, -0.2) is 52.8 Å². The second kappa shape index (κ2) is 8.99. The number of esters is 1. The molecule has 2 rings (SSSR count). The van der Waals surface area contributed by atoms with Gasteiger partial charge in [-0.3, -0.25) is 0 Å². The van der Waals surface area contributed by atoms with Crippen LogP contribution in [0.15, 0.2) is 35.2 Å². The zero-order valence-corrected chi connectivity index (χ0v) is 16.0. The molecule has 0 amide bonds. The molecule has 7 heteroatoms. The van der Waals surface area contributed by atoms with E-state index in [1.807, 2.05) is 37.3 Å². The van der Waals surface area contributed by atoms with Gasteiger partial charge in [0, 0.05) is 17.2 Å². The molecule has 1 aromatic carbocycles. The molecule has 1 aliphatic heterocycles. The highest BCUT2D eigenvalue weighted by molar-refractivity contribution is 8.01. The Bertz CT molecular complexity index is 609. The first-order valence-electron chi connectivity index (χ1n) is 8.70. The summed E-state index contributed by atoms with van der Waals surface area (Å²) in [4.78, 5) is 23.7. The summed E-state index contributed by atoms with van der Waals surface area (Å²) in [5.41, 5.74) is 0. The molecule has 1 saturated heterocycles. The Morgan fingerprint density at radius 3 is 2.62 bits per heavy atom. The monoisotopic (exact) mass is 382 g/mol. The van der Waals surface area contributed by atoms with Crippen molar-refractivity contribution in [3.05, 3.63) is 30.3 Å². The highest BCUT2D eigenvalue weighted by atomic mass is 32.2. The second-order valence-electron chi connectivity index (χ2n) is 6.60. The predicted molar refractivity (Wildman–Crippen MR) is 97.6 cm³/mol. The van der Waals surface area contributed by atoms with Crippen molar-refractivity contribution in [2.24, 2.45) is 11.8 Å². The third-order valence-corrected chi connectivity index (χ3v) is 6.05. The van der Waals surface area contributed by atoms with Crippen molar-refractivity contribution in [1.82, 2.24) is 0 Å². The normalized spacial score (nSPS) is 31.0. The summed E-state index contributed by atoms with van der Waals surface area (Å²) in [7, 11) is 1.28. The topological polar surface area (TPSA) is 93.1 Å². The van der Waals surface area contributed by atoms with Crippen LogP contribution in [0.5, 0.6) is 0 Å². The lowest BCUT2D eigenvalue weighted by atomic mass is 9.79. The number of thioether (sulfide) groups is 1. The summed E-state index contributed by atoms with van der Waals surface area (Å²) >= 11 is 1.20. The molecule has 1 heterocycles. The lowest BCUT2D eigenvalue weighted by Gasteiger charge is -2.46.